The average molecular weight is 214 g/mol. The van der Waals surface area contributed by atoms with Gasteiger partial charge in [0.05, 0.1) is 11.7 Å². The largest absolute Gasteiger partial charge is 0.387 e. The molecule has 2 unspecified atom stereocenters. The molecule has 0 aliphatic rings. The molecule has 1 heterocycles. The predicted molar refractivity (Wildman–Crippen MR) is 59.7 cm³/mol. The lowest BCUT2D eigenvalue weighted by Crippen LogP contribution is -2.38. The molecule has 0 aromatic carbocycles. The van der Waals surface area contributed by atoms with Gasteiger partial charge in [-0.1, -0.05) is 0 Å². The molecule has 0 bridgehead atoms. The van der Waals surface area contributed by atoms with Crippen LogP contribution >= 0.6 is 11.3 Å². The van der Waals surface area contributed by atoms with E-state index >= 15 is 0 Å². The highest BCUT2D eigenvalue weighted by Crippen LogP contribution is 2.20. The van der Waals surface area contributed by atoms with Crippen molar-refractivity contribution in [1.82, 2.24) is 0 Å². The molecule has 80 valence electrons. The van der Waals surface area contributed by atoms with Crippen molar-refractivity contribution in [2.24, 2.45) is 0 Å². The highest BCUT2D eigenvalue weighted by Gasteiger charge is 2.27. The van der Waals surface area contributed by atoms with Crippen LogP contribution in [-0.2, 0) is 11.2 Å². The first kappa shape index (κ1) is 11.7. The van der Waals surface area contributed by atoms with E-state index in [4.69, 9.17) is 4.74 Å². The van der Waals surface area contributed by atoms with E-state index in [1.807, 2.05) is 13.8 Å². The van der Waals surface area contributed by atoms with Crippen LogP contribution in [0.15, 0.2) is 16.8 Å². The molecule has 0 fully saturated rings. The lowest BCUT2D eigenvalue weighted by Gasteiger charge is -2.29. The fourth-order valence-electron chi connectivity index (χ4n) is 1.29. The van der Waals surface area contributed by atoms with Crippen LogP contribution in [0.1, 0.15) is 25.8 Å². The van der Waals surface area contributed by atoms with Gasteiger partial charge in [0, 0.05) is 7.11 Å². The molecule has 1 N–H and O–H groups in total. The molecule has 0 saturated carbocycles. The predicted octanol–water partition coefficient (Wildman–Crippen LogP) is 2.47. The Balaban J connectivity index is 2.44. The smallest absolute Gasteiger partial charge is 0.0880 e. The minimum absolute atomic E-state index is 0.124. The Labute approximate surface area is 89.5 Å². The molecular formula is C11H18O2S. The Kier molecular flexibility index (Phi) is 4.11. The summed E-state index contributed by atoms with van der Waals surface area (Å²) in [7, 11) is 1.63. The Hall–Kier alpha value is -0.380. The zero-order valence-electron chi connectivity index (χ0n) is 8.99. The second kappa shape index (κ2) is 4.91. The van der Waals surface area contributed by atoms with Crippen molar-refractivity contribution < 1.29 is 9.84 Å². The molecule has 0 amide bonds. The summed E-state index contributed by atoms with van der Waals surface area (Å²) in [6.45, 7) is 3.72. The first-order chi connectivity index (χ1) is 6.56. The summed E-state index contributed by atoms with van der Waals surface area (Å²) in [5.74, 6) is 0. The van der Waals surface area contributed by atoms with Gasteiger partial charge in [-0.3, -0.25) is 0 Å². The number of aliphatic hydroxyl groups is 1. The van der Waals surface area contributed by atoms with Crippen LogP contribution in [0.2, 0.25) is 0 Å². The second-order valence-corrected chi connectivity index (χ2v) is 4.65. The van der Waals surface area contributed by atoms with Gasteiger partial charge in [0.15, 0.2) is 0 Å². The number of hydrogen-bond acceptors (Lipinski definition) is 3. The topological polar surface area (TPSA) is 29.5 Å². The Morgan fingerprint density at radius 2 is 2.36 bits per heavy atom. The van der Waals surface area contributed by atoms with Crippen LogP contribution in [-0.4, -0.2) is 23.9 Å². The normalized spacial score (nSPS) is 17.7. The SMILES string of the molecule is COC(C)C(C)(O)CCc1ccsc1. The van der Waals surface area contributed by atoms with E-state index in [1.54, 1.807) is 18.4 Å². The second-order valence-electron chi connectivity index (χ2n) is 3.87. The molecule has 1 rings (SSSR count). The van der Waals surface area contributed by atoms with Crippen molar-refractivity contribution in [3.05, 3.63) is 22.4 Å². The summed E-state index contributed by atoms with van der Waals surface area (Å²) < 4.78 is 5.14. The fourth-order valence-corrected chi connectivity index (χ4v) is 1.99. The van der Waals surface area contributed by atoms with Gasteiger partial charge >= 0.3 is 0 Å². The maximum absolute atomic E-state index is 10.1. The molecule has 3 heteroatoms. The lowest BCUT2D eigenvalue weighted by molar-refractivity contribution is -0.0766. The highest BCUT2D eigenvalue weighted by atomic mass is 32.1. The Morgan fingerprint density at radius 3 is 2.86 bits per heavy atom. The van der Waals surface area contributed by atoms with Crippen LogP contribution in [0.4, 0.5) is 0 Å². The van der Waals surface area contributed by atoms with E-state index in [-0.39, 0.29) is 6.10 Å². The van der Waals surface area contributed by atoms with Gasteiger partial charge < -0.3 is 9.84 Å². The number of rotatable bonds is 5. The summed E-state index contributed by atoms with van der Waals surface area (Å²) in [4.78, 5) is 0. The van der Waals surface area contributed by atoms with E-state index in [0.29, 0.717) is 0 Å². The summed E-state index contributed by atoms with van der Waals surface area (Å²) in [6, 6.07) is 2.10. The molecule has 0 radical (unpaired) electrons. The summed E-state index contributed by atoms with van der Waals surface area (Å²) >= 11 is 1.69. The first-order valence-electron chi connectivity index (χ1n) is 4.82. The van der Waals surface area contributed by atoms with Crippen LogP contribution < -0.4 is 0 Å². The summed E-state index contributed by atoms with van der Waals surface area (Å²) in [5, 5.41) is 14.2. The molecule has 0 saturated heterocycles. The molecule has 0 aliphatic heterocycles. The highest BCUT2D eigenvalue weighted by molar-refractivity contribution is 7.07. The summed E-state index contributed by atoms with van der Waals surface area (Å²) in [5.41, 5.74) is 0.551. The average Bonchev–Trinajstić information content (AvgIpc) is 2.66. The van der Waals surface area contributed by atoms with E-state index in [0.717, 1.165) is 12.8 Å². The number of thiophene rings is 1. The molecule has 2 atom stereocenters. The van der Waals surface area contributed by atoms with Crippen molar-refractivity contribution in [1.29, 1.82) is 0 Å². The number of hydrogen-bond donors (Lipinski definition) is 1. The van der Waals surface area contributed by atoms with Crippen LogP contribution in [0.3, 0.4) is 0 Å². The van der Waals surface area contributed by atoms with E-state index in [2.05, 4.69) is 16.8 Å². The van der Waals surface area contributed by atoms with E-state index in [1.165, 1.54) is 5.56 Å². The van der Waals surface area contributed by atoms with Crippen LogP contribution in [0.25, 0.3) is 0 Å². The van der Waals surface area contributed by atoms with Crippen LogP contribution in [0.5, 0.6) is 0 Å². The number of methoxy groups -OCH3 is 1. The Morgan fingerprint density at radius 1 is 1.64 bits per heavy atom. The van der Waals surface area contributed by atoms with Gasteiger partial charge in [-0.2, -0.15) is 11.3 Å². The molecule has 0 spiro atoms. The van der Waals surface area contributed by atoms with Gasteiger partial charge in [0.1, 0.15) is 0 Å². The van der Waals surface area contributed by atoms with E-state index < -0.39 is 5.60 Å². The molecule has 0 aliphatic carbocycles. The lowest BCUT2D eigenvalue weighted by atomic mass is 9.93. The van der Waals surface area contributed by atoms with Gasteiger partial charge in [-0.05, 0) is 49.1 Å². The van der Waals surface area contributed by atoms with Gasteiger partial charge in [-0.15, -0.1) is 0 Å². The molecular weight excluding hydrogens is 196 g/mol. The third kappa shape index (κ3) is 3.08. The molecule has 1 aromatic rings. The Bertz CT molecular complexity index is 254. The molecule has 14 heavy (non-hydrogen) atoms. The molecule has 1 aromatic heterocycles. The van der Waals surface area contributed by atoms with Crippen LogP contribution in [0, 0.1) is 0 Å². The monoisotopic (exact) mass is 214 g/mol. The zero-order chi connectivity index (χ0) is 10.6. The minimum Gasteiger partial charge on any atom is -0.387 e. The van der Waals surface area contributed by atoms with Crippen molar-refractivity contribution in [2.75, 3.05) is 7.11 Å². The van der Waals surface area contributed by atoms with Crippen molar-refractivity contribution in [3.63, 3.8) is 0 Å². The van der Waals surface area contributed by atoms with Gasteiger partial charge in [0.25, 0.3) is 0 Å². The minimum atomic E-state index is -0.739. The fraction of sp³-hybridized carbons (Fsp3) is 0.636. The standard InChI is InChI=1S/C11H18O2S/c1-9(13-3)11(2,12)6-4-10-5-7-14-8-10/h5,7-9,12H,4,6H2,1-3H3. The van der Waals surface area contributed by atoms with Gasteiger partial charge in [-0.25, -0.2) is 0 Å². The number of ether oxygens (including phenoxy) is 1. The third-order valence-electron chi connectivity index (χ3n) is 2.73. The quantitative estimate of drug-likeness (QED) is 0.816. The van der Waals surface area contributed by atoms with Crippen molar-refractivity contribution >= 4 is 11.3 Å². The van der Waals surface area contributed by atoms with Gasteiger partial charge in [0.2, 0.25) is 0 Å². The van der Waals surface area contributed by atoms with Crippen molar-refractivity contribution in [3.8, 4) is 0 Å². The van der Waals surface area contributed by atoms with E-state index in [9.17, 15) is 5.11 Å². The zero-order valence-corrected chi connectivity index (χ0v) is 9.80. The van der Waals surface area contributed by atoms with Crippen molar-refractivity contribution in [2.45, 2.75) is 38.4 Å². The maximum atomic E-state index is 10.1. The summed E-state index contributed by atoms with van der Waals surface area (Å²) in [6.07, 6.45) is 1.52. The molecule has 2 nitrogen and oxygen atoms in total. The number of aryl methyl sites for hydroxylation is 1. The maximum Gasteiger partial charge on any atom is 0.0880 e. The third-order valence-corrected chi connectivity index (χ3v) is 3.46. The first-order valence-corrected chi connectivity index (χ1v) is 5.77.